The molecule has 31 heavy (non-hydrogen) atoms. The van der Waals surface area contributed by atoms with E-state index in [2.05, 4.69) is 10.0 Å². The summed E-state index contributed by atoms with van der Waals surface area (Å²) in [5.74, 6) is 0.117. The topological polar surface area (TPSA) is 84.5 Å². The summed E-state index contributed by atoms with van der Waals surface area (Å²) in [6.07, 6.45) is 0. The lowest BCUT2D eigenvalue weighted by atomic mass is 10.2. The van der Waals surface area contributed by atoms with E-state index in [0.717, 1.165) is 5.56 Å². The summed E-state index contributed by atoms with van der Waals surface area (Å²) in [4.78, 5) is 12.2. The maximum atomic E-state index is 12.6. The molecule has 0 bridgehead atoms. The van der Waals surface area contributed by atoms with E-state index in [1.165, 1.54) is 25.1 Å². The van der Waals surface area contributed by atoms with Crippen molar-refractivity contribution in [1.82, 2.24) is 4.72 Å². The fraction of sp³-hybridized carbons (Fsp3) is 0.136. The predicted molar refractivity (Wildman–Crippen MR) is 122 cm³/mol. The van der Waals surface area contributed by atoms with Crippen molar-refractivity contribution in [3.05, 3.63) is 88.4 Å². The Balaban J connectivity index is 1.58. The average Bonchev–Trinajstić information content (AvgIpc) is 2.75. The molecule has 0 unspecified atom stereocenters. The summed E-state index contributed by atoms with van der Waals surface area (Å²) < 4.78 is 33.1. The summed E-state index contributed by atoms with van der Waals surface area (Å²) in [5.41, 5.74) is 1.55. The molecule has 3 aromatic rings. The minimum atomic E-state index is -4.04. The van der Waals surface area contributed by atoms with Crippen LogP contribution in [0.3, 0.4) is 0 Å². The molecule has 0 aliphatic heterocycles. The molecule has 0 heterocycles. The quantitative estimate of drug-likeness (QED) is 0.483. The number of sulfonamides is 1. The van der Waals surface area contributed by atoms with E-state index in [-0.39, 0.29) is 14.9 Å². The highest BCUT2D eigenvalue weighted by Gasteiger charge is 2.24. The first-order valence-electron chi connectivity index (χ1n) is 9.29. The highest BCUT2D eigenvalue weighted by Crippen LogP contribution is 2.25. The van der Waals surface area contributed by atoms with E-state index in [1.54, 1.807) is 24.3 Å². The van der Waals surface area contributed by atoms with Gasteiger partial charge in [-0.25, -0.2) is 8.42 Å². The number of halogens is 2. The summed E-state index contributed by atoms with van der Waals surface area (Å²) >= 11 is 11.8. The Morgan fingerprint density at radius 2 is 1.68 bits per heavy atom. The van der Waals surface area contributed by atoms with Crippen molar-refractivity contribution < 1.29 is 17.9 Å². The molecule has 0 spiro atoms. The second-order valence-electron chi connectivity index (χ2n) is 6.71. The largest absolute Gasteiger partial charge is 0.489 e. The Morgan fingerprint density at radius 3 is 2.35 bits per heavy atom. The van der Waals surface area contributed by atoms with E-state index >= 15 is 0 Å². The third-order valence-corrected chi connectivity index (χ3v) is 6.54. The Bertz CT molecular complexity index is 1150. The second kappa shape index (κ2) is 10.2. The monoisotopic (exact) mass is 478 g/mol. The highest BCUT2D eigenvalue weighted by atomic mass is 35.5. The zero-order chi connectivity index (χ0) is 22.4. The SMILES string of the molecule is C[C@@H](NS(=O)(=O)c1cc(Cl)ccc1Cl)C(=O)Nc1ccc(OCc2ccccc2)cc1. The zero-order valence-electron chi connectivity index (χ0n) is 16.5. The highest BCUT2D eigenvalue weighted by molar-refractivity contribution is 7.89. The van der Waals surface area contributed by atoms with Gasteiger partial charge in [-0.15, -0.1) is 0 Å². The molecule has 0 aliphatic carbocycles. The van der Waals surface area contributed by atoms with Crippen molar-refractivity contribution in [3.63, 3.8) is 0 Å². The molecule has 162 valence electrons. The molecule has 1 atom stereocenters. The van der Waals surface area contributed by atoms with E-state index in [1.807, 2.05) is 30.3 Å². The Labute approximate surface area is 191 Å². The third-order valence-electron chi connectivity index (χ3n) is 4.28. The smallest absolute Gasteiger partial charge is 0.242 e. The summed E-state index contributed by atoms with van der Waals surface area (Å²) in [7, 11) is -4.04. The maximum absolute atomic E-state index is 12.6. The number of anilines is 1. The van der Waals surface area contributed by atoms with E-state index < -0.39 is 22.0 Å². The Hall–Kier alpha value is -2.58. The first kappa shape index (κ1) is 23.1. The number of hydrogen-bond acceptors (Lipinski definition) is 4. The van der Waals surface area contributed by atoms with Crippen LogP contribution < -0.4 is 14.8 Å². The lowest BCUT2D eigenvalue weighted by molar-refractivity contribution is -0.117. The van der Waals surface area contributed by atoms with Crippen LogP contribution in [0.25, 0.3) is 0 Å². The van der Waals surface area contributed by atoms with Crippen LogP contribution in [0.15, 0.2) is 77.7 Å². The van der Waals surface area contributed by atoms with Gasteiger partial charge in [-0.3, -0.25) is 4.79 Å². The van der Waals surface area contributed by atoms with Gasteiger partial charge >= 0.3 is 0 Å². The van der Waals surface area contributed by atoms with E-state index in [0.29, 0.717) is 18.0 Å². The average molecular weight is 479 g/mol. The number of rotatable bonds is 8. The van der Waals surface area contributed by atoms with Gasteiger partial charge in [-0.05, 0) is 55.0 Å². The standard InChI is InChI=1S/C22H20Cl2N2O4S/c1-15(26-31(28,29)21-13-17(23)7-12-20(21)24)22(27)25-18-8-10-19(11-9-18)30-14-16-5-3-2-4-6-16/h2-13,15,26H,14H2,1H3,(H,25,27)/t15-/m1/s1. The molecule has 0 fully saturated rings. The fourth-order valence-electron chi connectivity index (χ4n) is 2.66. The van der Waals surface area contributed by atoms with E-state index in [9.17, 15) is 13.2 Å². The first-order chi connectivity index (χ1) is 14.7. The molecule has 3 aromatic carbocycles. The molecule has 0 radical (unpaired) electrons. The molecule has 0 aliphatic rings. The van der Waals surface area contributed by atoms with Gasteiger partial charge in [0.1, 0.15) is 17.3 Å². The van der Waals surface area contributed by atoms with Crippen molar-refractivity contribution >= 4 is 44.8 Å². The van der Waals surface area contributed by atoms with Gasteiger partial charge in [0.2, 0.25) is 15.9 Å². The molecular weight excluding hydrogens is 459 g/mol. The molecule has 0 saturated heterocycles. The normalized spacial score (nSPS) is 12.2. The number of carbonyl (C=O) groups is 1. The van der Waals surface area contributed by atoms with Crippen LogP contribution in [-0.2, 0) is 21.4 Å². The van der Waals surface area contributed by atoms with Gasteiger partial charge in [0, 0.05) is 10.7 Å². The number of ether oxygens (including phenoxy) is 1. The number of carbonyl (C=O) groups excluding carboxylic acids is 1. The van der Waals surface area contributed by atoms with Gasteiger partial charge in [0.25, 0.3) is 0 Å². The van der Waals surface area contributed by atoms with Gasteiger partial charge in [0.05, 0.1) is 11.1 Å². The van der Waals surface area contributed by atoms with Crippen LogP contribution in [0.2, 0.25) is 10.0 Å². The molecule has 1 amide bonds. The molecule has 0 saturated carbocycles. The van der Waals surface area contributed by atoms with Gasteiger partial charge in [0.15, 0.2) is 0 Å². The minimum absolute atomic E-state index is 0.00981. The van der Waals surface area contributed by atoms with Crippen molar-refractivity contribution in [1.29, 1.82) is 0 Å². The van der Waals surface area contributed by atoms with Crippen LogP contribution in [0, 0.1) is 0 Å². The van der Waals surface area contributed by atoms with Crippen molar-refractivity contribution in [2.75, 3.05) is 5.32 Å². The third kappa shape index (κ3) is 6.45. The summed E-state index contributed by atoms with van der Waals surface area (Å²) in [6.45, 7) is 1.86. The van der Waals surface area contributed by atoms with Crippen molar-refractivity contribution in [2.45, 2.75) is 24.5 Å². The first-order valence-corrected chi connectivity index (χ1v) is 11.5. The lowest BCUT2D eigenvalue weighted by Gasteiger charge is -2.15. The van der Waals surface area contributed by atoms with E-state index in [4.69, 9.17) is 27.9 Å². The Morgan fingerprint density at radius 1 is 1.00 bits per heavy atom. The van der Waals surface area contributed by atoms with Gasteiger partial charge in [-0.2, -0.15) is 4.72 Å². The molecular formula is C22H20Cl2N2O4S. The molecule has 6 nitrogen and oxygen atoms in total. The second-order valence-corrected chi connectivity index (χ2v) is 9.23. The van der Waals surface area contributed by atoms with Gasteiger partial charge in [-0.1, -0.05) is 53.5 Å². The van der Waals surface area contributed by atoms with Crippen molar-refractivity contribution in [3.8, 4) is 5.75 Å². The Kier molecular flexibility index (Phi) is 7.56. The van der Waals surface area contributed by atoms with Crippen LogP contribution in [-0.4, -0.2) is 20.4 Å². The summed E-state index contributed by atoms with van der Waals surface area (Å²) in [6, 6.07) is 19.6. The van der Waals surface area contributed by atoms with Crippen LogP contribution in [0.5, 0.6) is 5.75 Å². The van der Waals surface area contributed by atoms with Crippen molar-refractivity contribution in [2.24, 2.45) is 0 Å². The molecule has 9 heteroatoms. The number of hydrogen-bond donors (Lipinski definition) is 2. The summed E-state index contributed by atoms with van der Waals surface area (Å²) in [5, 5.41) is 2.89. The number of amides is 1. The molecule has 3 rings (SSSR count). The molecule has 2 N–H and O–H groups in total. The van der Waals surface area contributed by atoms with Crippen LogP contribution >= 0.6 is 23.2 Å². The molecule has 0 aromatic heterocycles. The fourth-order valence-corrected chi connectivity index (χ4v) is 4.62. The van der Waals surface area contributed by atoms with Gasteiger partial charge < -0.3 is 10.1 Å². The lowest BCUT2D eigenvalue weighted by Crippen LogP contribution is -2.41. The van der Waals surface area contributed by atoms with Crippen LogP contribution in [0.1, 0.15) is 12.5 Å². The maximum Gasteiger partial charge on any atom is 0.242 e. The number of benzene rings is 3. The predicted octanol–water partition coefficient (Wildman–Crippen LogP) is 4.88. The number of nitrogens with one attached hydrogen (secondary N) is 2. The zero-order valence-corrected chi connectivity index (χ0v) is 18.8. The van der Waals surface area contributed by atoms with Crippen LogP contribution in [0.4, 0.5) is 5.69 Å². The minimum Gasteiger partial charge on any atom is -0.489 e.